The van der Waals surface area contributed by atoms with Crippen molar-refractivity contribution in [3.63, 3.8) is 0 Å². The highest BCUT2D eigenvalue weighted by Crippen LogP contribution is 2.30. The van der Waals surface area contributed by atoms with Crippen molar-refractivity contribution in [2.24, 2.45) is 0 Å². The van der Waals surface area contributed by atoms with E-state index in [9.17, 15) is 4.79 Å². The second kappa shape index (κ2) is 11.5. The van der Waals surface area contributed by atoms with E-state index in [2.05, 4.69) is 33.8 Å². The summed E-state index contributed by atoms with van der Waals surface area (Å²) >= 11 is 0. The molecule has 0 fully saturated rings. The Balaban J connectivity index is 2.27. The zero-order chi connectivity index (χ0) is 20.4. The minimum Gasteiger partial charge on any atom is -0.394 e. The largest absolute Gasteiger partial charge is 0.519 e. The number of hydrogen-bond acceptors (Lipinski definition) is 3. The van der Waals surface area contributed by atoms with Crippen LogP contribution in [0.3, 0.4) is 0 Å². The van der Waals surface area contributed by atoms with Crippen molar-refractivity contribution in [1.82, 2.24) is 0 Å². The smallest absolute Gasteiger partial charge is 0.394 e. The summed E-state index contributed by atoms with van der Waals surface area (Å²) in [6.45, 7) is 8.66. The highest BCUT2D eigenvalue weighted by atomic mass is 16.7. The fourth-order valence-corrected chi connectivity index (χ4v) is 3.68. The number of carbonyl (C=O) groups is 1. The van der Waals surface area contributed by atoms with Gasteiger partial charge in [-0.25, -0.2) is 4.79 Å². The summed E-state index contributed by atoms with van der Waals surface area (Å²) in [6, 6.07) is 11.7. The summed E-state index contributed by atoms with van der Waals surface area (Å²) in [5, 5.41) is 0. The highest BCUT2D eigenvalue weighted by molar-refractivity contribution is 5.68. The van der Waals surface area contributed by atoms with Crippen molar-refractivity contribution in [2.45, 2.75) is 79.1 Å². The quantitative estimate of drug-likeness (QED) is 0.325. The first-order valence-electron chi connectivity index (χ1n) is 10.8. The Bertz CT molecular complexity index is 764. The zero-order valence-electron chi connectivity index (χ0n) is 17.8. The fraction of sp³-hybridized carbons (Fsp3) is 0.480. The van der Waals surface area contributed by atoms with Crippen LogP contribution >= 0.6 is 0 Å². The summed E-state index contributed by atoms with van der Waals surface area (Å²) in [5.41, 5.74) is 4.92. The number of hydrogen-bond donors (Lipinski definition) is 0. The molecule has 0 amide bonds. The third-order valence-electron chi connectivity index (χ3n) is 4.88. The number of para-hydroxylation sites is 1. The predicted molar refractivity (Wildman–Crippen MR) is 116 cm³/mol. The van der Waals surface area contributed by atoms with Crippen molar-refractivity contribution < 1.29 is 14.3 Å². The molecule has 0 N–H and O–H groups in total. The normalized spacial score (nSPS) is 10.7. The lowest BCUT2D eigenvalue weighted by molar-refractivity contribution is 0.151. The van der Waals surface area contributed by atoms with E-state index < -0.39 is 6.16 Å². The second-order valence-corrected chi connectivity index (χ2v) is 7.24. The first-order valence-corrected chi connectivity index (χ1v) is 10.8. The van der Waals surface area contributed by atoms with E-state index in [0.717, 1.165) is 62.5 Å². The summed E-state index contributed by atoms with van der Waals surface area (Å²) in [4.78, 5) is 12.5. The maximum absolute atomic E-state index is 12.5. The average molecular weight is 383 g/mol. The van der Waals surface area contributed by atoms with Crippen molar-refractivity contribution in [1.29, 1.82) is 0 Å². The van der Waals surface area contributed by atoms with Crippen LogP contribution in [0.2, 0.25) is 0 Å². The van der Waals surface area contributed by atoms with Crippen molar-refractivity contribution in [2.75, 3.05) is 0 Å². The van der Waals surface area contributed by atoms with Crippen LogP contribution < -0.4 is 9.47 Å². The predicted octanol–water partition coefficient (Wildman–Crippen LogP) is 7.07. The molecule has 0 radical (unpaired) electrons. The molecule has 3 nitrogen and oxygen atoms in total. The molecule has 0 atom stereocenters. The molecule has 0 aromatic heterocycles. The standard InChI is InChI=1S/C25H34O3/c1-5-11-19-17-18-24(22(14-8-4)21(19)13-7-3)28-25(26)27-23-16-10-9-15-20(23)12-6-2/h9-10,15-18H,5-8,11-14H2,1-4H3. The minimum absolute atomic E-state index is 0.586. The van der Waals surface area contributed by atoms with Crippen LogP contribution in [0.4, 0.5) is 4.79 Å². The van der Waals surface area contributed by atoms with Crippen LogP contribution in [0.5, 0.6) is 11.5 Å². The summed E-state index contributed by atoms with van der Waals surface area (Å²) in [5.74, 6) is 1.23. The number of rotatable bonds is 10. The molecule has 2 rings (SSSR count). The highest BCUT2D eigenvalue weighted by Gasteiger charge is 2.17. The second-order valence-electron chi connectivity index (χ2n) is 7.24. The number of aryl methyl sites for hydroxylation is 2. The lowest BCUT2D eigenvalue weighted by atomic mass is 9.91. The molecule has 0 spiro atoms. The van der Waals surface area contributed by atoms with E-state index in [0.29, 0.717) is 11.5 Å². The molecule has 0 unspecified atom stereocenters. The van der Waals surface area contributed by atoms with Gasteiger partial charge in [-0.3, -0.25) is 0 Å². The van der Waals surface area contributed by atoms with E-state index in [1.54, 1.807) is 0 Å². The number of carbonyl (C=O) groups excluding carboxylic acids is 1. The third kappa shape index (κ3) is 5.85. The van der Waals surface area contributed by atoms with Crippen LogP contribution in [-0.4, -0.2) is 6.16 Å². The minimum atomic E-state index is -0.661. The van der Waals surface area contributed by atoms with Crippen LogP contribution in [0, 0.1) is 0 Å². The van der Waals surface area contributed by atoms with Crippen molar-refractivity contribution >= 4 is 6.16 Å². The Morgan fingerprint density at radius 3 is 1.89 bits per heavy atom. The SMILES string of the molecule is CCCc1ccccc1OC(=O)Oc1ccc(CCC)c(CCC)c1CCC. The molecule has 0 saturated heterocycles. The van der Waals surface area contributed by atoms with Gasteiger partial charge in [-0.15, -0.1) is 0 Å². The van der Waals surface area contributed by atoms with Crippen LogP contribution in [0.15, 0.2) is 36.4 Å². The maximum Gasteiger partial charge on any atom is 0.519 e. The molecular formula is C25H34O3. The first kappa shape index (κ1) is 22.0. The Morgan fingerprint density at radius 1 is 0.643 bits per heavy atom. The lowest BCUT2D eigenvalue weighted by Gasteiger charge is -2.18. The Hall–Kier alpha value is -2.29. The molecule has 152 valence electrons. The molecule has 0 aliphatic heterocycles. The average Bonchev–Trinajstić information content (AvgIpc) is 2.68. The van der Waals surface area contributed by atoms with Gasteiger partial charge in [-0.05, 0) is 60.1 Å². The molecule has 0 heterocycles. The molecule has 2 aromatic carbocycles. The summed E-state index contributed by atoms with van der Waals surface area (Å²) in [6.07, 6.45) is 7.37. The molecule has 0 aliphatic rings. The molecule has 3 heteroatoms. The molecule has 0 aliphatic carbocycles. The van der Waals surface area contributed by atoms with Gasteiger partial charge in [-0.1, -0.05) is 77.6 Å². The van der Waals surface area contributed by atoms with E-state index in [1.807, 2.05) is 30.3 Å². The van der Waals surface area contributed by atoms with Crippen LogP contribution in [0.1, 0.15) is 75.6 Å². The van der Waals surface area contributed by atoms with Gasteiger partial charge in [0.05, 0.1) is 0 Å². The molecule has 2 aromatic rings. The summed E-state index contributed by atoms with van der Waals surface area (Å²) < 4.78 is 11.2. The van der Waals surface area contributed by atoms with E-state index in [1.165, 1.54) is 11.1 Å². The van der Waals surface area contributed by atoms with Gasteiger partial charge in [0.1, 0.15) is 11.5 Å². The van der Waals surface area contributed by atoms with Gasteiger partial charge < -0.3 is 9.47 Å². The Kier molecular flexibility index (Phi) is 9.06. The molecule has 0 saturated carbocycles. The Morgan fingerprint density at radius 2 is 1.21 bits per heavy atom. The van der Waals surface area contributed by atoms with Crippen molar-refractivity contribution in [3.8, 4) is 11.5 Å². The zero-order valence-corrected chi connectivity index (χ0v) is 17.8. The molecular weight excluding hydrogens is 348 g/mol. The maximum atomic E-state index is 12.5. The topological polar surface area (TPSA) is 35.5 Å². The van der Waals surface area contributed by atoms with E-state index >= 15 is 0 Å². The number of benzene rings is 2. The van der Waals surface area contributed by atoms with Gasteiger partial charge >= 0.3 is 6.16 Å². The van der Waals surface area contributed by atoms with E-state index in [-0.39, 0.29) is 0 Å². The lowest BCUT2D eigenvalue weighted by Crippen LogP contribution is -2.16. The molecule has 0 bridgehead atoms. The number of ether oxygens (including phenoxy) is 2. The van der Waals surface area contributed by atoms with Gasteiger partial charge in [-0.2, -0.15) is 0 Å². The molecule has 28 heavy (non-hydrogen) atoms. The third-order valence-corrected chi connectivity index (χ3v) is 4.88. The summed E-state index contributed by atoms with van der Waals surface area (Å²) in [7, 11) is 0. The van der Waals surface area contributed by atoms with Crippen molar-refractivity contribution in [3.05, 3.63) is 58.7 Å². The monoisotopic (exact) mass is 382 g/mol. The Labute approximate surface area is 170 Å². The van der Waals surface area contributed by atoms with Crippen LogP contribution in [0.25, 0.3) is 0 Å². The fourth-order valence-electron chi connectivity index (χ4n) is 3.68. The van der Waals surface area contributed by atoms with Gasteiger partial charge in [0.2, 0.25) is 0 Å². The van der Waals surface area contributed by atoms with E-state index in [4.69, 9.17) is 9.47 Å². The van der Waals surface area contributed by atoms with Gasteiger partial charge in [0.25, 0.3) is 0 Å². The first-order chi connectivity index (χ1) is 13.6. The van der Waals surface area contributed by atoms with Gasteiger partial charge in [0, 0.05) is 0 Å². The van der Waals surface area contributed by atoms with Crippen LogP contribution in [-0.2, 0) is 25.7 Å². The van der Waals surface area contributed by atoms with Gasteiger partial charge in [0.15, 0.2) is 0 Å².